The number of thioether (sulfide) groups is 1. The zero-order valence-electron chi connectivity index (χ0n) is 17.9. The Hall–Kier alpha value is -3.39. The molecule has 0 saturated carbocycles. The van der Waals surface area contributed by atoms with Crippen LogP contribution in [-0.4, -0.2) is 58.8 Å². The predicted octanol–water partition coefficient (Wildman–Crippen LogP) is 1.30. The summed E-state index contributed by atoms with van der Waals surface area (Å²) in [7, 11) is -3.89. The zero-order valence-corrected chi connectivity index (χ0v) is 20.4. The fourth-order valence-electron chi connectivity index (χ4n) is 3.55. The van der Waals surface area contributed by atoms with E-state index in [1.165, 1.54) is 24.3 Å². The maximum atomic E-state index is 13.0. The molecule has 2 aromatic rings. The molecule has 1 atom stereocenters. The Labute approximate surface area is 210 Å². The molecular weight excluding hydrogens is 512 g/mol. The number of hydrogen-bond donors (Lipinski definition) is 2. The largest absolute Gasteiger partial charge is 0.325 e. The van der Waals surface area contributed by atoms with Gasteiger partial charge in [0, 0.05) is 5.69 Å². The third-order valence-electron chi connectivity index (χ3n) is 5.22. The fraction of sp³-hybridized carbons (Fsp3) is 0.136. The van der Waals surface area contributed by atoms with Gasteiger partial charge in [-0.2, -0.15) is 0 Å². The zero-order chi connectivity index (χ0) is 25.3. The molecule has 180 valence electrons. The van der Waals surface area contributed by atoms with Gasteiger partial charge >= 0.3 is 0 Å². The highest BCUT2D eigenvalue weighted by Gasteiger charge is 2.48. The molecule has 0 spiro atoms. The van der Waals surface area contributed by atoms with Crippen LogP contribution in [0.5, 0.6) is 0 Å². The van der Waals surface area contributed by atoms with E-state index in [4.69, 9.17) is 17.4 Å². The van der Waals surface area contributed by atoms with Crippen molar-refractivity contribution in [1.82, 2.24) is 9.80 Å². The number of benzene rings is 2. The lowest BCUT2D eigenvalue weighted by Crippen LogP contribution is -2.45. The summed E-state index contributed by atoms with van der Waals surface area (Å²) in [5, 5.41) is 7.52. The first-order valence-electron chi connectivity index (χ1n) is 10.1. The molecule has 2 fully saturated rings. The van der Waals surface area contributed by atoms with Crippen molar-refractivity contribution in [3.05, 3.63) is 65.1 Å². The van der Waals surface area contributed by atoms with Gasteiger partial charge < -0.3 is 5.32 Å². The Bertz CT molecular complexity index is 1370. The molecule has 2 aliphatic heterocycles. The maximum Gasteiger partial charge on any atom is 0.266 e. The highest BCUT2D eigenvalue weighted by molar-refractivity contribution is 8.26. The molecule has 13 heteroatoms. The van der Waals surface area contributed by atoms with Crippen molar-refractivity contribution in [3.63, 3.8) is 0 Å². The van der Waals surface area contributed by atoms with Crippen LogP contribution in [0.15, 0.2) is 64.4 Å². The predicted molar refractivity (Wildman–Crippen MR) is 133 cm³/mol. The van der Waals surface area contributed by atoms with E-state index >= 15 is 0 Å². The Morgan fingerprint density at radius 3 is 2.40 bits per heavy atom. The van der Waals surface area contributed by atoms with Crippen LogP contribution in [0.3, 0.4) is 0 Å². The van der Waals surface area contributed by atoms with Gasteiger partial charge in [0.2, 0.25) is 21.8 Å². The molecule has 10 nitrogen and oxygen atoms in total. The number of thiocarbonyl (C=S) groups is 1. The topological polar surface area (TPSA) is 147 Å². The molecule has 4 rings (SSSR count). The van der Waals surface area contributed by atoms with Gasteiger partial charge in [-0.05, 0) is 35.9 Å². The lowest BCUT2D eigenvalue weighted by Gasteiger charge is -2.21. The Kier molecular flexibility index (Phi) is 6.85. The maximum absolute atomic E-state index is 13.0. The lowest BCUT2D eigenvalue weighted by atomic mass is 10.2. The van der Waals surface area contributed by atoms with E-state index in [1.54, 1.807) is 6.08 Å². The van der Waals surface area contributed by atoms with Gasteiger partial charge in [0.15, 0.2) is 0 Å². The van der Waals surface area contributed by atoms with E-state index in [9.17, 15) is 27.6 Å². The van der Waals surface area contributed by atoms with Crippen molar-refractivity contribution >= 4 is 73.7 Å². The number of carbonyl (C=O) groups excluding carboxylic acids is 4. The lowest BCUT2D eigenvalue weighted by molar-refractivity contribution is -0.143. The Morgan fingerprint density at radius 1 is 1.11 bits per heavy atom. The van der Waals surface area contributed by atoms with Crippen LogP contribution in [-0.2, 0) is 29.2 Å². The van der Waals surface area contributed by atoms with E-state index in [2.05, 4.69) is 5.32 Å². The first-order valence-corrected chi connectivity index (χ1v) is 12.9. The summed E-state index contributed by atoms with van der Waals surface area (Å²) in [6.45, 7) is -0.570. The number of amides is 4. The number of hydrogen-bond acceptors (Lipinski definition) is 8. The minimum absolute atomic E-state index is 0.131. The molecule has 0 unspecified atom stereocenters. The van der Waals surface area contributed by atoms with Crippen LogP contribution in [0.4, 0.5) is 5.69 Å². The minimum Gasteiger partial charge on any atom is -0.325 e. The van der Waals surface area contributed by atoms with Crippen LogP contribution in [0, 0.1) is 0 Å². The molecule has 0 bridgehead atoms. The molecule has 2 saturated heterocycles. The van der Waals surface area contributed by atoms with Crippen LogP contribution in [0.2, 0.25) is 0 Å². The van der Waals surface area contributed by atoms with Gasteiger partial charge in [-0.15, -0.1) is 0 Å². The van der Waals surface area contributed by atoms with Crippen molar-refractivity contribution in [2.45, 2.75) is 17.4 Å². The third kappa shape index (κ3) is 5.32. The summed E-state index contributed by atoms with van der Waals surface area (Å²) in [5.41, 5.74) is 1.04. The summed E-state index contributed by atoms with van der Waals surface area (Å²) >= 11 is 6.35. The van der Waals surface area contributed by atoms with E-state index < -0.39 is 46.2 Å². The number of nitrogens with zero attached hydrogens (tertiary/aromatic N) is 2. The van der Waals surface area contributed by atoms with Crippen molar-refractivity contribution in [2.24, 2.45) is 5.14 Å². The van der Waals surface area contributed by atoms with Gasteiger partial charge in [0.05, 0.1) is 16.2 Å². The van der Waals surface area contributed by atoms with E-state index in [0.717, 1.165) is 27.1 Å². The number of nitrogens with one attached hydrogen (secondary N) is 1. The van der Waals surface area contributed by atoms with Crippen molar-refractivity contribution in [1.29, 1.82) is 0 Å². The normalized spacial score (nSPS) is 19.7. The number of rotatable bonds is 6. The number of likely N-dealkylation sites (tertiary alicyclic amines) is 1. The smallest absolute Gasteiger partial charge is 0.266 e. The molecule has 0 aliphatic carbocycles. The van der Waals surface area contributed by atoms with E-state index in [0.29, 0.717) is 4.91 Å². The number of anilines is 1. The van der Waals surface area contributed by atoms with Crippen molar-refractivity contribution in [2.75, 3.05) is 11.9 Å². The molecule has 0 radical (unpaired) electrons. The standard InChI is InChI=1S/C22H18N4O6S3/c23-35(31,32)15-8-6-14(7-9-15)24-18(27)12-25-19(28)11-16(20(25)29)26-21(30)17(34-22(26)33)10-13-4-2-1-3-5-13/h1-10,16H,11-12H2,(H,24,27)(H2,23,31,32)/b17-10-/t16-/m1/s1. The molecule has 2 heterocycles. The highest BCUT2D eigenvalue weighted by Crippen LogP contribution is 2.36. The molecule has 4 amide bonds. The monoisotopic (exact) mass is 530 g/mol. The van der Waals surface area contributed by atoms with Gasteiger partial charge in [0.25, 0.3) is 11.8 Å². The second-order valence-corrected chi connectivity index (χ2v) is 10.9. The average Bonchev–Trinajstić information content (AvgIpc) is 3.23. The van der Waals surface area contributed by atoms with Crippen LogP contribution < -0.4 is 10.5 Å². The summed E-state index contributed by atoms with van der Waals surface area (Å²) < 4.78 is 22.8. The number of imide groups is 1. The van der Waals surface area contributed by atoms with E-state index in [1.807, 2.05) is 30.3 Å². The quantitative estimate of drug-likeness (QED) is 0.323. The first kappa shape index (κ1) is 24.7. The highest BCUT2D eigenvalue weighted by atomic mass is 32.2. The molecular formula is C22H18N4O6S3. The molecule has 3 N–H and O–H groups in total. The first-order chi connectivity index (χ1) is 16.5. The average molecular weight is 531 g/mol. The Morgan fingerprint density at radius 2 is 1.77 bits per heavy atom. The summed E-state index contributed by atoms with van der Waals surface area (Å²) in [4.78, 5) is 53.0. The fourth-order valence-corrected chi connectivity index (χ4v) is 5.43. The van der Waals surface area contributed by atoms with Gasteiger partial charge in [-0.25, -0.2) is 13.6 Å². The second kappa shape index (κ2) is 9.70. The second-order valence-electron chi connectivity index (χ2n) is 7.62. The number of carbonyl (C=O) groups is 4. The summed E-state index contributed by atoms with van der Waals surface area (Å²) in [6, 6.07) is 13.1. The van der Waals surface area contributed by atoms with Crippen LogP contribution in [0.1, 0.15) is 12.0 Å². The number of nitrogens with two attached hydrogens (primary N) is 1. The molecule has 0 aromatic heterocycles. The van der Waals surface area contributed by atoms with Gasteiger partial charge in [-0.3, -0.25) is 29.0 Å². The number of sulfonamides is 1. The van der Waals surface area contributed by atoms with Crippen molar-refractivity contribution < 1.29 is 27.6 Å². The van der Waals surface area contributed by atoms with Crippen molar-refractivity contribution in [3.8, 4) is 0 Å². The van der Waals surface area contributed by atoms with E-state index in [-0.39, 0.29) is 21.3 Å². The van der Waals surface area contributed by atoms with Gasteiger partial charge in [-0.1, -0.05) is 54.3 Å². The summed E-state index contributed by atoms with van der Waals surface area (Å²) in [5.74, 6) is -2.46. The minimum atomic E-state index is -3.89. The SMILES string of the molecule is NS(=O)(=O)c1ccc(NC(=O)CN2C(=O)C[C@@H](N3C(=O)/C(=C/c4ccccc4)SC3=S)C2=O)cc1. The Balaban J connectivity index is 1.43. The van der Waals surface area contributed by atoms with Crippen LogP contribution >= 0.6 is 24.0 Å². The van der Waals surface area contributed by atoms with Crippen LogP contribution in [0.25, 0.3) is 6.08 Å². The molecule has 35 heavy (non-hydrogen) atoms. The summed E-state index contributed by atoms with van der Waals surface area (Å²) in [6.07, 6.45) is 1.37. The number of primary sulfonamides is 1. The molecule has 2 aliphatic rings. The third-order valence-corrected chi connectivity index (χ3v) is 7.48. The molecule has 2 aromatic carbocycles. The van der Waals surface area contributed by atoms with Gasteiger partial charge in [0.1, 0.15) is 16.9 Å².